The van der Waals surface area contributed by atoms with E-state index in [0.717, 1.165) is 25.7 Å². The second-order valence-corrected chi connectivity index (χ2v) is 17.1. The van der Waals surface area contributed by atoms with E-state index in [-0.39, 0.29) is 16.5 Å². The first-order chi connectivity index (χ1) is 24.5. The molecule has 5 aromatic rings. The van der Waals surface area contributed by atoms with Gasteiger partial charge in [-0.3, -0.25) is 0 Å². The molecule has 0 bridgehead atoms. The van der Waals surface area contributed by atoms with E-state index in [1.54, 1.807) is 0 Å². The first kappa shape index (κ1) is 32.1. The van der Waals surface area contributed by atoms with E-state index in [1.165, 1.54) is 90.9 Å². The number of aryl methyl sites for hydroxylation is 1. The number of allylic oxidation sites excluding steroid dienone is 4. The van der Waals surface area contributed by atoms with Gasteiger partial charge in [-0.05, 0) is 158 Å². The maximum Gasteiger partial charge on any atom is 0.0448 e. The number of para-hydroxylation sites is 1. The lowest BCUT2D eigenvalue weighted by Gasteiger charge is -2.47. The zero-order chi connectivity index (χ0) is 35.1. The van der Waals surface area contributed by atoms with Crippen LogP contribution in [0.5, 0.6) is 0 Å². The van der Waals surface area contributed by atoms with Crippen molar-refractivity contribution in [2.75, 3.05) is 9.80 Å². The van der Waals surface area contributed by atoms with Crippen molar-refractivity contribution in [2.45, 2.75) is 96.6 Å². The van der Waals surface area contributed by atoms with Crippen LogP contribution in [-0.4, -0.2) is 11.1 Å². The third-order valence-electron chi connectivity index (χ3n) is 12.5. The van der Waals surface area contributed by atoms with Crippen LogP contribution in [0, 0.1) is 0 Å². The Labute approximate surface area is 304 Å². The Balaban J connectivity index is 0.991. The van der Waals surface area contributed by atoms with Gasteiger partial charge in [-0.15, -0.1) is 0 Å². The quantitative estimate of drug-likeness (QED) is 0.176. The number of anilines is 3. The molecule has 0 atom stereocenters. The standard InChI is InChI=1S/C49H50N2/c1-47(2)27-25-35-11-7-9-13-45(35)50(47)39-21-20-37-29-33(17-19-38(37)31-39)15-16-34-18-23-41-42-24-22-40(32-44(42)49(5,6)43(41)30-34)51-46-14-10-8-12-36(46)26-28-48(51,3)4/h7-9,11-13,15-24,29-32H,10,14,25-28H2,1-6H3. The highest BCUT2D eigenvalue weighted by Gasteiger charge is 2.39. The largest absolute Gasteiger partial charge is 0.339 e. The molecule has 51 heavy (non-hydrogen) atoms. The van der Waals surface area contributed by atoms with E-state index >= 15 is 0 Å². The van der Waals surface area contributed by atoms with Crippen LogP contribution >= 0.6 is 0 Å². The molecule has 2 aliphatic carbocycles. The lowest BCUT2D eigenvalue weighted by molar-refractivity contribution is 0.422. The summed E-state index contributed by atoms with van der Waals surface area (Å²) in [5.41, 5.74) is 16.6. The summed E-state index contributed by atoms with van der Waals surface area (Å²) in [5.74, 6) is 0. The lowest BCUT2D eigenvalue weighted by atomic mass is 9.80. The van der Waals surface area contributed by atoms with Gasteiger partial charge in [0.2, 0.25) is 0 Å². The molecule has 2 heteroatoms. The van der Waals surface area contributed by atoms with Crippen LogP contribution in [0.15, 0.2) is 120 Å². The van der Waals surface area contributed by atoms with Crippen molar-refractivity contribution >= 4 is 40.0 Å². The topological polar surface area (TPSA) is 6.48 Å². The predicted molar refractivity (Wildman–Crippen MR) is 219 cm³/mol. The fourth-order valence-corrected chi connectivity index (χ4v) is 9.59. The first-order valence-electron chi connectivity index (χ1n) is 19.1. The van der Waals surface area contributed by atoms with Gasteiger partial charge in [-0.1, -0.05) is 98.8 Å². The molecular weight excluding hydrogens is 617 g/mol. The van der Waals surface area contributed by atoms with E-state index in [2.05, 4.69) is 173 Å². The monoisotopic (exact) mass is 666 g/mol. The van der Waals surface area contributed by atoms with Crippen molar-refractivity contribution in [1.82, 2.24) is 0 Å². The van der Waals surface area contributed by atoms with Crippen molar-refractivity contribution in [1.29, 1.82) is 0 Å². The van der Waals surface area contributed by atoms with Gasteiger partial charge >= 0.3 is 0 Å². The molecule has 0 unspecified atom stereocenters. The molecule has 4 aliphatic rings. The number of hydrogen-bond acceptors (Lipinski definition) is 2. The summed E-state index contributed by atoms with van der Waals surface area (Å²) in [4.78, 5) is 5.21. The second-order valence-electron chi connectivity index (χ2n) is 17.1. The summed E-state index contributed by atoms with van der Waals surface area (Å²) in [7, 11) is 0. The molecule has 0 saturated carbocycles. The van der Waals surface area contributed by atoms with Crippen molar-refractivity contribution in [3.05, 3.63) is 148 Å². The number of fused-ring (bicyclic) bond motifs is 5. The Hall–Kier alpha value is -4.82. The average Bonchev–Trinajstić information content (AvgIpc) is 3.34. The Morgan fingerprint density at radius 3 is 2.04 bits per heavy atom. The summed E-state index contributed by atoms with van der Waals surface area (Å²) < 4.78 is 0. The van der Waals surface area contributed by atoms with E-state index in [1.807, 2.05) is 0 Å². The van der Waals surface area contributed by atoms with Gasteiger partial charge in [-0.2, -0.15) is 0 Å². The second kappa shape index (κ2) is 11.6. The normalized spacial score (nSPS) is 19.6. The van der Waals surface area contributed by atoms with Crippen LogP contribution in [0.4, 0.5) is 17.1 Å². The summed E-state index contributed by atoms with van der Waals surface area (Å²) in [6.07, 6.45) is 16.2. The zero-order valence-corrected chi connectivity index (χ0v) is 31.2. The molecule has 0 aromatic heterocycles. The van der Waals surface area contributed by atoms with Crippen molar-refractivity contribution < 1.29 is 0 Å². The van der Waals surface area contributed by atoms with Gasteiger partial charge in [0.1, 0.15) is 0 Å². The van der Waals surface area contributed by atoms with E-state index in [9.17, 15) is 0 Å². The lowest BCUT2D eigenvalue weighted by Crippen LogP contribution is -2.46. The maximum atomic E-state index is 2.67. The summed E-state index contributed by atoms with van der Waals surface area (Å²) in [6, 6.07) is 37.1. The zero-order valence-electron chi connectivity index (χ0n) is 31.2. The minimum atomic E-state index is -0.0712. The Bertz CT molecular complexity index is 2310. The number of benzene rings is 5. The minimum Gasteiger partial charge on any atom is -0.339 e. The molecule has 5 aromatic carbocycles. The molecule has 2 nitrogen and oxygen atoms in total. The van der Waals surface area contributed by atoms with E-state index in [0.29, 0.717) is 0 Å². The Morgan fingerprint density at radius 2 is 1.20 bits per heavy atom. The Kier molecular flexibility index (Phi) is 7.31. The van der Waals surface area contributed by atoms with Crippen molar-refractivity contribution in [2.24, 2.45) is 0 Å². The fourth-order valence-electron chi connectivity index (χ4n) is 9.59. The van der Waals surface area contributed by atoms with E-state index in [4.69, 9.17) is 0 Å². The third-order valence-corrected chi connectivity index (χ3v) is 12.5. The smallest absolute Gasteiger partial charge is 0.0448 e. The summed E-state index contributed by atoms with van der Waals surface area (Å²) in [5, 5.41) is 2.55. The van der Waals surface area contributed by atoms with Crippen LogP contribution in [0.25, 0.3) is 34.1 Å². The molecule has 2 aliphatic heterocycles. The van der Waals surface area contributed by atoms with Crippen LogP contribution in [0.2, 0.25) is 0 Å². The van der Waals surface area contributed by atoms with Crippen LogP contribution in [-0.2, 0) is 11.8 Å². The van der Waals surface area contributed by atoms with Crippen LogP contribution < -0.4 is 9.80 Å². The van der Waals surface area contributed by atoms with Crippen molar-refractivity contribution in [3.63, 3.8) is 0 Å². The highest BCUT2D eigenvalue weighted by atomic mass is 15.2. The SMILES string of the molecule is CC1(C)c2cc(C=Cc3ccc4cc(N5c6ccccc6CCC5(C)C)ccc4c3)ccc2-c2ccc(N3C4=C(C=CCC4)CCC3(C)C)cc21. The minimum absolute atomic E-state index is 0.0671. The van der Waals surface area contributed by atoms with Gasteiger partial charge in [0.15, 0.2) is 0 Å². The molecule has 0 N–H and O–H groups in total. The van der Waals surface area contributed by atoms with Crippen LogP contribution in [0.1, 0.15) is 101 Å². The van der Waals surface area contributed by atoms with Crippen LogP contribution in [0.3, 0.4) is 0 Å². The molecule has 0 spiro atoms. The van der Waals surface area contributed by atoms with Crippen molar-refractivity contribution in [3.8, 4) is 11.1 Å². The first-order valence-corrected chi connectivity index (χ1v) is 19.1. The van der Waals surface area contributed by atoms with Gasteiger partial charge in [0.05, 0.1) is 0 Å². The predicted octanol–water partition coefficient (Wildman–Crippen LogP) is 13.2. The molecule has 0 amide bonds. The number of hydrogen-bond donors (Lipinski definition) is 0. The molecule has 256 valence electrons. The summed E-state index contributed by atoms with van der Waals surface area (Å²) in [6.45, 7) is 14.4. The molecule has 0 fully saturated rings. The highest BCUT2D eigenvalue weighted by Crippen LogP contribution is 2.52. The Morgan fingerprint density at radius 1 is 0.569 bits per heavy atom. The number of nitrogens with zero attached hydrogens (tertiary/aromatic N) is 2. The molecular formula is C49H50N2. The van der Waals surface area contributed by atoms with Gasteiger partial charge in [0, 0.05) is 39.3 Å². The van der Waals surface area contributed by atoms with E-state index < -0.39 is 0 Å². The van der Waals surface area contributed by atoms with Gasteiger partial charge < -0.3 is 9.80 Å². The average molecular weight is 667 g/mol. The summed E-state index contributed by atoms with van der Waals surface area (Å²) >= 11 is 0. The molecule has 2 heterocycles. The molecule has 0 saturated heterocycles. The maximum absolute atomic E-state index is 2.67. The van der Waals surface area contributed by atoms with Gasteiger partial charge in [-0.25, -0.2) is 0 Å². The molecule has 9 rings (SSSR count). The third kappa shape index (κ3) is 5.29. The van der Waals surface area contributed by atoms with Gasteiger partial charge in [0.25, 0.3) is 0 Å². The fraction of sp³-hybridized carbons (Fsp3) is 0.306. The molecule has 0 radical (unpaired) electrons. The number of rotatable bonds is 4. The highest BCUT2D eigenvalue weighted by molar-refractivity contribution is 5.90.